The van der Waals surface area contributed by atoms with E-state index in [0.717, 1.165) is 27.5 Å². The summed E-state index contributed by atoms with van der Waals surface area (Å²) in [6.07, 6.45) is 0. The normalized spacial score (nSPS) is 11.4. The molecule has 2 nitrogen and oxygen atoms in total. The predicted octanol–water partition coefficient (Wildman–Crippen LogP) is 1.79. The Bertz CT molecular complexity index is 1060. The van der Waals surface area contributed by atoms with E-state index < -0.39 is 5.41 Å². The first-order chi connectivity index (χ1) is 11.6. The molecule has 0 radical (unpaired) electrons. The molecule has 1 aromatic heterocycles. The minimum atomic E-state index is -0.441. The van der Waals surface area contributed by atoms with E-state index >= 15 is 0 Å². The number of aromatic nitrogens is 1. The van der Waals surface area contributed by atoms with Crippen LogP contribution < -0.4 is 24.0 Å². The molecule has 3 heteroatoms. The van der Waals surface area contributed by atoms with Crippen LogP contribution in [0.25, 0.3) is 21.7 Å². The average Bonchev–Trinajstić information content (AvgIpc) is 2.61. The first-order valence-corrected chi connectivity index (χ1v) is 8.13. The van der Waals surface area contributed by atoms with Crippen molar-refractivity contribution in [3.8, 4) is 5.75 Å². The van der Waals surface area contributed by atoms with Crippen LogP contribution in [0.4, 0.5) is 0 Å². The van der Waals surface area contributed by atoms with E-state index in [4.69, 9.17) is 4.98 Å². The smallest absolute Gasteiger partial charge is 0.872 e. The zero-order chi connectivity index (χ0) is 16.7. The van der Waals surface area contributed by atoms with Gasteiger partial charge in [0.25, 0.3) is 0 Å². The Labute approximate surface area is 159 Å². The van der Waals surface area contributed by atoms with Gasteiger partial charge in [0, 0.05) is 16.2 Å². The van der Waals surface area contributed by atoms with E-state index in [1.807, 2.05) is 30.3 Å². The fourth-order valence-electron chi connectivity index (χ4n) is 3.33. The van der Waals surface area contributed by atoms with E-state index in [1.54, 1.807) is 12.1 Å². The molecule has 0 N–H and O–H groups in total. The molecule has 0 saturated carbocycles. The maximum Gasteiger partial charge on any atom is 1.00 e. The van der Waals surface area contributed by atoms with Crippen molar-refractivity contribution in [3.05, 3.63) is 84.1 Å². The van der Waals surface area contributed by atoms with Crippen LogP contribution in [-0.4, -0.2) is 4.98 Å². The van der Waals surface area contributed by atoms with Gasteiger partial charge < -0.3 is 5.11 Å². The maximum atomic E-state index is 12.3. The van der Waals surface area contributed by atoms with Crippen molar-refractivity contribution in [2.75, 3.05) is 0 Å². The summed E-state index contributed by atoms with van der Waals surface area (Å²) in [6, 6.07) is 23.8. The third-order valence-electron chi connectivity index (χ3n) is 4.79. The molecule has 0 fully saturated rings. The van der Waals surface area contributed by atoms with Gasteiger partial charge in [-0.3, -0.25) is 4.98 Å². The Morgan fingerprint density at radius 2 is 1.40 bits per heavy atom. The van der Waals surface area contributed by atoms with Gasteiger partial charge in [-0.1, -0.05) is 80.6 Å². The summed E-state index contributed by atoms with van der Waals surface area (Å²) in [5, 5.41) is 15.7. The van der Waals surface area contributed by atoms with Gasteiger partial charge in [-0.15, -0.1) is 5.75 Å². The van der Waals surface area contributed by atoms with Crippen LogP contribution in [0.5, 0.6) is 5.75 Å². The molecule has 0 aliphatic carbocycles. The molecule has 0 atom stereocenters. The second kappa shape index (κ2) is 6.56. The van der Waals surface area contributed by atoms with Crippen molar-refractivity contribution in [2.24, 2.45) is 0 Å². The number of para-hydroxylation sites is 1. The molecular weight excluding hydrogens is 301 g/mol. The van der Waals surface area contributed by atoms with Crippen LogP contribution >= 0.6 is 0 Å². The Morgan fingerprint density at radius 1 is 0.760 bits per heavy atom. The Kier molecular flexibility index (Phi) is 4.60. The van der Waals surface area contributed by atoms with E-state index in [1.165, 1.54) is 5.39 Å². The minimum Gasteiger partial charge on any atom is -0.872 e. The van der Waals surface area contributed by atoms with Gasteiger partial charge in [0.2, 0.25) is 0 Å². The first-order valence-electron chi connectivity index (χ1n) is 8.13. The van der Waals surface area contributed by atoms with Crippen molar-refractivity contribution >= 4 is 21.7 Å². The molecule has 0 aliphatic rings. The molecule has 0 bridgehead atoms. The van der Waals surface area contributed by atoms with Crippen LogP contribution in [-0.2, 0) is 5.41 Å². The van der Waals surface area contributed by atoms with Gasteiger partial charge in [0.05, 0.1) is 11.2 Å². The molecule has 0 unspecified atom stereocenters. The maximum absolute atomic E-state index is 12.3. The van der Waals surface area contributed by atoms with E-state index in [-0.39, 0.29) is 24.6 Å². The molecular formula is C22H18LiNO. The molecule has 4 rings (SSSR count). The van der Waals surface area contributed by atoms with Gasteiger partial charge in [0.1, 0.15) is 0 Å². The van der Waals surface area contributed by atoms with Crippen molar-refractivity contribution < 1.29 is 24.0 Å². The van der Waals surface area contributed by atoms with Crippen molar-refractivity contribution in [1.82, 2.24) is 4.98 Å². The van der Waals surface area contributed by atoms with Gasteiger partial charge in [-0.05, 0) is 17.0 Å². The summed E-state index contributed by atoms with van der Waals surface area (Å²) in [5.74, 6) is 0.0577. The monoisotopic (exact) mass is 319 g/mol. The number of pyridine rings is 1. The summed E-state index contributed by atoms with van der Waals surface area (Å²) < 4.78 is 0. The number of fused-ring (bicyclic) bond motifs is 3. The SMILES string of the molecule is CC(C)(c1ccc2ccc3ccccc3c2n1)c1ccccc1[O-].[Li+]. The molecule has 3 aromatic carbocycles. The van der Waals surface area contributed by atoms with Crippen molar-refractivity contribution in [1.29, 1.82) is 0 Å². The summed E-state index contributed by atoms with van der Waals surface area (Å²) in [4.78, 5) is 4.95. The minimum absolute atomic E-state index is 0. The molecule has 25 heavy (non-hydrogen) atoms. The van der Waals surface area contributed by atoms with E-state index in [2.05, 4.69) is 44.2 Å². The Hall–Kier alpha value is -2.27. The summed E-state index contributed by atoms with van der Waals surface area (Å²) in [7, 11) is 0. The van der Waals surface area contributed by atoms with Gasteiger partial charge in [-0.2, -0.15) is 0 Å². The van der Waals surface area contributed by atoms with Crippen LogP contribution in [0, 0.1) is 0 Å². The van der Waals surface area contributed by atoms with Crippen LogP contribution in [0.3, 0.4) is 0 Å². The number of rotatable bonds is 2. The second-order valence-electron chi connectivity index (χ2n) is 6.68. The van der Waals surface area contributed by atoms with E-state index in [0.29, 0.717) is 0 Å². The van der Waals surface area contributed by atoms with Gasteiger partial charge in [-0.25, -0.2) is 0 Å². The zero-order valence-corrected chi connectivity index (χ0v) is 14.8. The average molecular weight is 319 g/mol. The van der Waals surface area contributed by atoms with E-state index in [9.17, 15) is 5.11 Å². The number of hydrogen-bond donors (Lipinski definition) is 0. The molecule has 118 valence electrons. The number of benzene rings is 3. The molecule has 0 amide bonds. The topological polar surface area (TPSA) is 36.0 Å². The van der Waals surface area contributed by atoms with Crippen molar-refractivity contribution in [3.63, 3.8) is 0 Å². The third kappa shape index (κ3) is 2.93. The predicted molar refractivity (Wildman–Crippen MR) is 97.3 cm³/mol. The third-order valence-corrected chi connectivity index (χ3v) is 4.79. The Balaban J connectivity index is 0.00000182. The summed E-state index contributed by atoms with van der Waals surface area (Å²) >= 11 is 0. The van der Waals surface area contributed by atoms with Crippen LogP contribution in [0.2, 0.25) is 0 Å². The molecule has 0 saturated heterocycles. The fourth-order valence-corrected chi connectivity index (χ4v) is 3.33. The van der Waals surface area contributed by atoms with Gasteiger partial charge in [0.15, 0.2) is 0 Å². The molecule has 0 spiro atoms. The molecule has 0 aliphatic heterocycles. The largest absolute Gasteiger partial charge is 1.00 e. The second-order valence-corrected chi connectivity index (χ2v) is 6.68. The first kappa shape index (κ1) is 17.5. The summed E-state index contributed by atoms with van der Waals surface area (Å²) in [5.41, 5.74) is 2.23. The Morgan fingerprint density at radius 3 is 2.20 bits per heavy atom. The molecule has 4 aromatic rings. The zero-order valence-electron chi connectivity index (χ0n) is 14.8. The van der Waals surface area contributed by atoms with Crippen molar-refractivity contribution in [2.45, 2.75) is 19.3 Å². The quantitative estimate of drug-likeness (QED) is 0.417. The number of hydrogen-bond acceptors (Lipinski definition) is 2. The van der Waals surface area contributed by atoms with Crippen LogP contribution in [0.15, 0.2) is 72.8 Å². The standard InChI is InChI=1S/C22H19NO.Li/c1-22(2,18-9-5-6-10-19(18)24)20-14-13-16-12-11-15-7-3-4-8-17(15)21(16)23-20;/h3-14,24H,1-2H3;/q;+1/p-1. The number of nitrogens with zero attached hydrogens (tertiary/aromatic N) is 1. The molecule has 1 heterocycles. The van der Waals surface area contributed by atoms with Crippen LogP contribution in [0.1, 0.15) is 25.1 Å². The van der Waals surface area contributed by atoms with Gasteiger partial charge >= 0.3 is 18.9 Å². The fraction of sp³-hybridized carbons (Fsp3) is 0.136. The summed E-state index contributed by atoms with van der Waals surface area (Å²) in [6.45, 7) is 4.12.